The van der Waals surface area contributed by atoms with Crippen LogP contribution in [0.4, 0.5) is 5.69 Å². The average Bonchev–Trinajstić information content (AvgIpc) is 2.61. The van der Waals surface area contributed by atoms with Gasteiger partial charge in [-0.05, 0) is 62.6 Å². The lowest BCUT2D eigenvalue weighted by Crippen LogP contribution is -2.24. The van der Waals surface area contributed by atoms with Gasteiger partial charge in [-0.3, -0.25) is 4.79 Å². The monoisotopic (exact) mass is 390 g/mol. The predicted molar refractivity (Wildman–Crippen MR) is 107 cm³/mol. The third-order valence-corrected chi connectivity index (χ3v) is 5.47. The fourth-order valence-corrected chi connectivity index (χ4v) is 3.77. The minimum Gasteiger partial charge on any atom is -0.483 e. The van der Waals surface area contributed by atoms with E-state index in [1.54, 1.807) is 13.0 Å². The summed E-state index contributed by atoms with van der Waals surface area (Å²) in [5.41, 5.74) is 3.50. The number of benzene rings is 2. The molecular formula is C20H26N2O4S. The van der Waals surface area contributed by atoms with Gasteiger partial charge in [0.2, 0.25) is 10.0 Å². The largest absolute Gasteiger partial charge is 0.483 e. The van der Waals surface area contributed by atoms with Crippen LogP contribution < -0.4 is 14.8 Å². The van der Waals surface area contributed by atoms with Crippen LogP contribution in [0, 0.1) is 20.8 Å². The van der Waals surface area contributed by atoms with Crippen molar-refractivity contribution in [1.29, 1.82) is 0 Å². The molecule has 0 saturated carbocycles. The summed E-state index contributed by atoms with van der Waals surface area (Å²) in [6, 6.07) is 10.4. The first-order chi connectivity index (χ1) is 12.7. The van der Waals surface area contributed by atoms with Crippen LogP contribution in [-0.2, 0) is 14.8 Å². The van der Waals surface area contributed by atoms with E-state index in [0.29, 0.717) is 17.9 Å². The van der Waals surface area contributed by atoms with Crippen molar-refractivity contribution >= 4 is 21.6 Å². The SMILES string of the molecule is CCCNS(=O)(=O)c1ccc(OCC(=O)Nc2ccc(C)cc2C)c(C)c1. The summed E-state index contributed by atoms with van der Waals surface area (Å²) in [4.78, 5) is 12.3. The Bertz CT molecular complexity index is 924. The number of hydrogen-bond donors (Lipinski definition) is 2. The highest BCUT2D eigenvalue weighted by Gasteiger charge is 2.15. The maximum absolute atomic E-state index is 12.2. The van der Waals surface area contributed by atoms with Gasteiger partial charge in [-0.1, -0.05) is 24.6 Å². The van der Waals surface area contributed by atoms with Gasteiger partial charge < -0.3 is 10.1 Å². The first kappa shape index (κ1) is 20.9. The molecule has 2 rings (SSSR count). The second-order valence-electron chi connectivity index (χ2n) is 6.48. The second-order valence-corrected chi connectivity index (χ2v) is 8.25. The quantitative estimate of drug-likeness (QED) is 0.724. The summed E-state index contributed by atoms with van der Waals surface area (Å²) < 4.78 is 32.4. The molecule has 27 heavy (non-hydrogen) atoms. The zero-order valence-corrected chi connectivity index (χ0v) is 16.9. The highest BCUT2D eigenvalue weighted by Crippen LogP contribution is 2.22. The normalized spacial score (nSPS) is 11.3. The van der Waals surface area contributed by atoms with Gasteiger partial charge in [-0.2, -0.15) is 0 Å². The summed E-state index contributed by atoms with van der Waals surface area (Å²) in [5.74, 6) is 0.197. The molecule has 146 valence electrons. The van der Waals surface area contributed by atoms with Crippen molar-refractivity contribution in [3.63, 3.8) is 0 Å². The minimum atomic E-state index is -3.53. The van der Waals surface area contributed by atoms with Gasteiger partial charge in [0.25, 0.3) is 5.91 Å². The van der Waals surface area contributed by atoms with E-state index in [2.05, 4.69) is 10.0 Å². The maximum Gasteiger partial charge on any atom is 0.262 e. The number of ether oxygens (including phenoxy) is 1. The van der Waals surface area contributed by atoms with Gasteiger partial charge >= 0.3 is 0 Å². The number of sulfonamides is 1. The number of carbonyl (C=O) groups is 1. The van der Waals surface area contributed by atoms with Crippen molar-refractivity contribution in [1.82, 2.24) is 4.72 Å². The second kappa shape index (κ2) is 9.01. The molecule has 0 atom stereocenters. The van der Waals surface area contributed by atoms with Crippen molar-refractivity contribution in [2.45, 2.75) is 39.0 Å². The van der Waals surface area contributed by atoms with Crippen molar-refractivity contribution in [2.75, 3.05) is 18.5 Å². The number of nitrogens with one attached hydrogen (secondary N) is 2. The van der Waals surface area contributed by atoms with Crippen LogP contribution in [0.2, 0.25) is 0 Å². The molecule has 0 heterocycles. The smallest absolute Gasteiger partial charge is 0.262 e. The fourth-order valence-electron chi connectivity index (χ4n) is 2.55. The topological polar surface area (TPSA) is 84.5 Å². The van der Waals surface area contributed by atoms with Gasteiger partial charge in [0, 0.05) is 12.2 Å². The van der Waals surface area contributed by atoms with Crippen LogP contribution in [-0.4, -0.2) is 27.5 Å². The number of rotatable bonds is 8. The maximum atomic E-state index is 12.2. The van der Waals surface area contributed by atoms with Crippen molar-refractivity contribution in [3.8, 4) is 5.75 Å². The summed E-state index contributed by atoms with van der Waals surface area (Å²) in [6.07, 6.45) is 0.717. The number of anilines is 1. The van der Waals surface area contributed by atoms with E-state index >= 15 is 0 Å². The number of aryl methyl sites for hydroxylation is 3. The Morgan fingerprint density at radius 1 is 1.04 bits per heavy atom. The van der Waals surface area contributed by atoms with Gasteiger partial charge in [-0.25, -0.2) is 13.1 Å². The van der Waals surface area contributed by atoms with Crippen LogP contribution in [0.15, 0.2) is 41.3 Å². The Morgan fingerprint density at radius 2 is 1.78 bits per heavy atom. The molecule has 0 spiro atoms. The van der Waals surface area contributed by atoms with Gasteiger partial charge in [0.15, 0.2) is 6.61 Å². The number of carbonyl (C=O) groups excluding carboxylic acids is 1. The highest BCUT2D eigenvalue weighted by molar-refractivity contribution is 7.89. The molecule has 0 fully saturated rings. The molecule has 7 heteroatoms. The lowest BCUT2D eigenvalue weighted by Gasteiger charge is -2.13. The van der Waals surface area contributed by atoms with Gasteiger partial charge in [0.05, 0.1) is 4.90 Å². The third kappa shape index (κ3) is 5.80. The van der Waals surface area contributed by atoms with Crippen molar-refractivity contribution < 1.29 is 17.9 Å². The Morgan fingerprint density at radius 3 is 2.41 bits per heavy atom. The van der Waals surface area contributed by atoms with Crippen molar-refractivity contribution in [3.05, 3.63) is 53.1 Å². The zero-order valence-electron chi connectivity index (χ0n) is 16.1. The Hall–Kier alpha value is -2.38. The van der Waals surface area contributed by atoms with E-state index in [1.807, 2.05) is 39.0 Å². The molecule has 2 aromatic rings. The van der Waals surface area contributed by atoms with E-state index in [-0.39, 0.29) is 17.4 Å². The molecule has 0 bridgehead atoms. The molecule has 0 unspecified atom stereocenters. The Labute approximate surface area is 161 Å². The van der Waals surface area contributed by atoms with Crippen LogP contribution in [0.1, 0.15) is 30.0 Å². The van der Waals surface area contributed by atoms with E-state index in [4.69, 9.17) is 4.74 Å². The van der Waals surface area contributed by atoms with Crippen LogP contribution >= 0.6 is 0 Å². The molecule has 6 nitrogen and oxygen atoms in total. The number of hydrogen-bond acceptors (Lipinski definition) is 4. The van der Waals surface area contributed by atoms with E-state index in [1.165, 1.54) is 12.1 Å². The molecule has 0 aliphatic rings. The first-order valence-corrected chi connectivity index (χ1v) is 10.3. The molecular weight excluding hydrogens is 364 g/mol. The Balaban J connectivity index is 2.00. The lowest BCUT2D eigenvalue weighted by atomic mass is 10.1. The van der Waals surface area contributed by atoms with Crippen LogP contribution in [0.5, 0.6) is 5.75 Å². The zero-order chi connectivity index (χ0) is 20.0. The molecule has 0 saturated heterocycles. The van der Waals surface area contributed by atoms with E-state index in [9.17, 15) is 13.2 Å². The average molecular weight is 391 g/mol. The summed E-state index contributed by atoms with van der Waals surface area (Å²) in [6.45, 7) is 7.79. The summed E-state index contributed by atoms with van der Waals surface area (Å²) in [5, 5.41) is 2.82. The lowest BCUT2D eigenvalue weighted by molar-refractivity contribution is -0.118. The predicted octanol–water partition coefficient (Wildman–Crippen LogP) is 3.32. The molecule has 2 aromatic carbocycles. The molecule has 1 amide bonds. The number of amides is 1. The van der Waals surface area contributed by atoms with E-state index < -0.39 is 10.0 Å². The van der Waals surface area contributed by atoms with Gasteiger partial charge in [0.1, 0.15) is 5.75 Å². The minimum absolute atomic E-state index is 0.158. The molecule has 0 aliphatic heterocycles. The fraction of sp³-hybridized carbons (Fsp3) is 0.350. The molecule has 0 aromatic heterocycles. The summed E-state index contributed by atoms with van der Waals surface area (Å²) in [7, 11) is -3.53. The Kier molecular flexibility index (Phi) is 6.98. The molecule has 0 aliphatic carbocycles. The highest BCUT2D eigenvalue weighted by atomic mass is 32.2. The first-order valence-electron chi connectivity index (χ1n) is 8.83. The van der Waals surface area contributed by atoms with Crippen LogP contribution in [0.3, 0.4) is 0 Å². The molecule has 0 radical (unpaired) electrons. The van der Waals surface area contributed by atoms with E-state index in [0.717, 1.165) is 23.2 Å². The standard InChI is InChI=1S/C20H26N2O4S/c1-5-10-21-27(24,25)17-7-9-19(16(4)12-17)26-13-20(23)22-18-8-6-14(2)11-15(18)3/h6-9,11-12,21H,5,10,13H2,1-4H3,(H,22,23). The van der Waals surface area contributed by atoms with Crippen LogP contribution in [0.25, 0.3) is 0 Å². The summed E-state index contributed by atoms with van der Waals surface area (Å²) >= 11 is 0. The van der Waals surface area contributed by atoms with Crippen molar-refractivity contribution in [2.24, 2.45) is 0 Å². The molecule has 2 N–H and O–H groups in total. The van der Waals surface area contributed by atoms with Gasteiger partial charge in [-0.15, -0.1) is 0 Å². The third-order valence-electron chi connectivity index (χ3n) is 4.01.